The number of aliphatic hydroxyl groups excluding tert-OH is 1. The molecule has 2 atom stereocenters. The summed E-state index contributed by atoms with van der Waals surface area (Å²) in [5.74, 6) is -1.45. The van der Waals surface area contributed by atoms with E-state index in [9.17, 15) is 29.6 Å². The van der Waals surface area contributed by atoms with E-state index in [-0.39, 0.29) is 31.7 Å². The first kappa shape index (κ1) is 24.3. The molecule has 0 unspecified atom stereocenters. The van der Waals surface area contributed by atoms with Gasteiger partial charge in [-0.1, -0.05) is 42.5 Å². The van der Waals surface area contributed by atoms with Crippen molar-refractivity contribution in [3.8, 4) is 0 Å². The highest BCUT2D eigenvalue weighted by Crippen LogP contribution is 2.13. The number of aliphatic hydroxyl groups is 1. The Bertz CT molecular complexity index is 935. The second-order valence-electron chi connectivity index (χ2n) is 6.95. The number of ether oxygens (including phenoxy) is 1. The number of non-ortho nitro benzene ring substituents is 1. The highest BCUT2D eigenvalue weighted by molar-refractivity contribution is 5.87. The van der Waals surface area contributed by atoms with Crippen LogP contribution in [-0.2, 0) is 27.4 Å². The Morgan fingerprint density at radius 1 is 1.06 bits per heavy atom. The summed E-state index contributed by atoms with van der Waals surface area (Å²) in [5, 5.41) is 25.4. The monoisotopic (exact) mass is 444 g/mol. The van der Waals surface area contributed by atoms with Crippen molar-refractivity contribution in [2.24, 2.45) is 5.73 Å². The van der Waals surface area contributed by atoms with Gasteiger partial charge in [-0.25, -0.2) is 4.79 Å². The third kappa shape index (κ3) is 8.40. The Labute approximate surface area is 183 Å². The van der Waals surface area contributed by atoms with Crippen molar-refractivity contribution < 1.29 is 29.2 Å². The Balaban J connectivity index is 1.76. The van der Waals surface area contributed by atoms with Crippen molar-refractivity contribution in [1.29, 1.82) is 0 Å². The summed E-state index contributed by atoms with van der Waals surface area (Å²) in [6, 6.07) is 13.4. The van der Waals surface area contributed by atoms with Crippen LogP contribution in [0.4, 0.5) is 10.5 Å². The first-order chi connectivity index (χ1) is 15.2. The number of carbonyl (C=O) groups is 3. The van der Waals surface area contributed by atoms with Crippen molar-refractivity contribution in [2.45, 2.75) is 31.6 Å². The molecule has 0 aliphatic carbocycles. The molecule has 2 aromatic carbocycles. The molecule has 11 nitrogen and oxygen atoms in total. The van der Waals surface area contributed by atoms with Gasteiger partial charge in [-0.05, 0) is 11.1 Å². The summed E-state index contributed by atoms with van der Waals surface area (Å²) in [6.45, 7) is -0.170. The number of nitro benzene ring substituents is 1. The highest BCUT2D eigenvalue weighted by atomic mass is 16.6. The molecule has 5 N–H and O–H groups in total. The lowest BCUT2D eigenvalue weighted by Gasteiger charge is -2.17. The number of carbonyl (C=O) groups excluding carboxylic acids is 3. The van der Waals surface area contributed by atoms with E-state index in [1.807, 2.05) is 6.07 Å². The van der Waals surface area contributed by atoms with Gasteiger partial charge in [0.05, 0.1) is 17.4 Å². The van der Waals surface area contributed by atoms with Gasteiger partial charge in [0.25, 0.3) is 5.69 Å². The molecule has 0 aliphatic heterocycles. The number of nitrogens with zero attached hydrogens (tertiary/aromatic N) is 1. The normalized spacial score (nSPS) is 12.3. The van der Waals surface area contributed by atoms with E-state index in [1.165, 1.54) is 24.3 Å². The Kier molecular flexibility index (Phi) is 9.11. The van der Waals surface area contributed by atoms with Crippen molar-refractivity contribution in [3.63, 3.8) is 0 Å². The van der Waals surface area contributed by atoms with Crippen molar-refractivity contribution in [2.75, 3.05) is 6.54 Å². The fourth-order valence-electron chi connectivity index (χ4n) is 2.73. The molecule has 0 saturated heterocycles. The van der Waals surface area contributed by atoms with Crippen LogP contribution >= 0.6 is 0 Å². The fraction of sp³-hybridized carbons (Fsp3) is 0.286. The first-order valence-corrected chi connectivity index (χ1v) is 9.69. The number of nitrogens with two attached hydrogens (primary N) is 1. The molecule has 3 amide bonds. The molecule has 2 aromatic rings. The summed E-state index contributed by atoms with van der Waals surface area (Å²) in [4.78, 5) is 45.7. The minimum Gasteiger partial charge on any atom is -0.445 e. The summed E-state index contributed by atoms with van der Waals surface area (Å²) in [5.41, 5.74) is 6.58. The lowest BCUT2D eigenvalue weighted by molar-refractivity contribution is -0.384. The van der Waals surface area contributed by atoms with Crippen LogP contribution in [0.1, 0.15) is 17.5 Å². The van der Waals surface area contributed by atoms with Crippen molar-refractivity contribution >= 4 is 23.6 Å². The lowest BCUT2D eigenvalue weighted by Crippen LogP contribution is -2.47. The van der Waals surface area contributed by atoms with E-state index in [0.29, 0.717) is 5.56 Å². The number of primary amides is 1. The molecule has 0 saturated carbocycles. The van der Waals surface area contributed by atoms with E-state index in [1.54, 1.807) is 24.3 Å². The zero-order valence-corrected chi connectivity index (χ0v) is 17.1. The summed E-state index contributed by atoms with van der Waals surface area (Å²) in [7, 11) is 0. The maximum absolute atomic E-state index is 12.1. The second kappa shape index (κ2) is 12.0. The smallest absolute Gasteiger partial charge is 0.407 e. The second-order valence-corrected chi connectivity index (χ2v) is 6.95. The highest BCUT2D eigenvalue weighted by Gasteiger charge is 2.21. The number of amides is 3. The van der Waals surface area contributed by atoms with Crippen LogP contribution in [0.25, 0.3) is 0 Å². The fourth-order valence-corrected chi connectivity index (χ4v) is 2.73. The largest absolute Gasteiger partial charge is 0.445 e. The van der Waals surface area contributed by atoms with Gasteiger partial charge in [0.2, 0.25) is 11.8 Å². The van der Waals surface area contributed by atoms with Crippen LogP contribution < -0.4 is 16.4 Å². The number of nitro groups is 1. The maximum Gasteiger partial charge on any atom is 0.407 e. The summed E-state index contributed by atoms with van der Waals surface area (Å²) in [6.07, 6.45) is -2.32. The average Bonchev–Trinajstić information content (AvgIpc) is 2.76. The standard InChI is InChI=1S/C21H24N4O7/c22-20(28)18(10-14-6-8-16(9-7-14)25(30)31)24-19(27)11-17(26)12-23-21(29)32-13-15-4-2-1-3-5-15/h1-9,17-18,26H,10-13H2,(H2,22,28)(H,23,29)(H,24,27)/t17-,18+/m1/s1. The minimum absolute atomic E-state index is 0.0270. The summed E-state index contributed by atoms with van der Waals surface area (Å²) < 4.78 is 5.00. The minimum atomic E-state index is -1.22. The topological polar surface area (TPSA) is 174 Å². The van der Waals surface area contributed by atoms with Crippen LogP contribution in [0, 0.1) is 10.1 Å². The molecule has 170 valence electrons. The summed E-state index contributed by atoms with van der Waals surface area (Å²) >= 11 is 0. The Morgan fingerprint density at radius 2 is 1.72 bits per heavy atom. The van der Waals surface area contributed by atoms with Gasteiger partial charge in [-0.15, -0.1) is 0 Å². The average molecular weight is 444 g/mol. The van der Waals surface area contributed by atoms with Crippen molar-refractivity contribution in [3.05, 3.63) is 75.8 Å². The number of rotatable bonds is 11. The van der Waals surface area contributed by atoms with Gasteiger partial charge >= 0.3 is 6.09 Å². The number of alkyl carbamates (subject to hydrolysis) is 1. The molecule has 32 heavy (non-hydrogen) atoms. The first-order valence-electron chi connectivity index (χ1n) is 9.69. The molecule has 0 aliphatic rings. The van der Waals surface area contributed by atoms with Crippen LogP contribution in [0.5, 0.6) is 0 Å². The van der Waals surface area contributed by atoms with Crippen LogP contribution in [0.3, 0.4) is 0 Å². The third-order valence-corrected chi connectivity index (χ3v) is 4.38. The van der Waals surface area contributed by atoms with Crippen molar-refractivity contribution in [1.82, 2.24) is 10.6 Å². The Hall–Kier alpha value is -3.99. The van der Waals surface area contributed by atoms with E-state index in [2.05, 4.69) is 10.6 Å². The van der Waals surface area contributed by atoms with Crippen LogP contribution in [0.2, 0.25) is 0 Å². The van der Waals surface area contributed by atoms with Gasteiger partial charge < -0.3 is 26.2 Å². The van der Waals surface area contributed by atoms with Gasteiger partial charge in [-0.3, -0.25) is 19.7 Å². The predicted molar refractivity (Wildman–Crippen MR) is 113 cm³/mol. The maximum atomic E-state index is 12.1. The van der Waals surface area contributed by atoms with Gasteiger partial charge in [-0.2, -0.15) is 0 Å². The lowest BCUT2D eigenvalue weighted by atomic mass is 10.0. The molecule has 0 heterocycles. The van der Waals surface area contributed by atoms with E-state index in [0.717, 1.165) is 5.56 Å². The predicted octanol–water partition coefficient (Wildman–Crippen LogP) is 0.785. The van der Waals surface area contributed by atoms with Gasteiger partial charge in [0.15, 0.2) is 0 Å². The number of nitrogens with one attached hydrogen (secondary N) is 2. The van der Waals surface area contributed by atoms with E-state index >= 15 is 0 Å². The van der Waals surface area contributed by atoms with E-state index < -0.39 is 35.0 Å². The molecule has 0 spiro atoms. The zero-order chi connectivity index (χ0) is 23.5. The molecule has 0 radical (unpaired) electrons. The Morgan fingerprint density at radius 3 is 2.31 bits per heavy atom. The quantitative estimate of drug-likeness (QED) is 0.293. The van der Waals surface area contributed by atoms with Crippen LogP contribution in [-0.4, -0.2) is 46.6 Å². The number of benzene rings is 2. The molecular weight excluding hydrogens is 420 g/mol. The number of hydrogen-bond donors (Lipinski definition) is 4. The zero-order valence-electron chi connectivity index (χ0n) is 17.1. The van der Waals surface area contributed by atoms with Gasteiger partial charge in [0, 0.05) is 25.1 Å². The van der Waals surface area contributed by atoms with E-state index in [4.69, 9.17) is 10.5 Å². The molecule has 11 heteroatoms. The molecule has 2 rings (SSSR count). The molecule has 0 fully saturated rings. The molecule has 0 aromatic heterocycles. The molecule has 0 bridgehead atoms. The molecular formula is C21H24N4O7. The van der Waals surface area contributed by atoms with Gasteiger partial charge in [0.1, 0.15) is 12.6 Å². The third-order valence-electron chi connectivity index (χ3n) is 4.38. The SMILES string of the molecule is NC(=O)[C@H](Cc1ccc([N+](=O)[O-])cc1)NC(=O)C[C@@H](O)CNC(=O)OCc1ccccc1. The van der Waals surface area contributed by atoms with Crippen LogP contribution in [0.15, 0.2) is 54.6 Å². The number of hydrogen-bond acceptors (Lipinski definition) is 7.